The minimum atomic E-state index is -4.77. The van der Waals surface area contributed by atoms with Crippen molar-refractivity contribution >= 4 is 11.6 Å². The first-order valence-electron chi connectivity index (χ1n) is 5.04. The predicted octanol–water partition coefficient (Wildman–Crippen LogP) is 2.26. The molecule has 1 aromatic carbocycles. The highest BCUT2D eigenvalue weighted by Gasteiger charge is 2.31. The SMILES string of the molecule is CC(C)(N)C(=O)Nc1cccc(OC(F)(F)F)c1. The van der Waals surface area contributed by atoms with Gasteiger partial charge in [-0.3, -0.25) is 4.79 Å². The lowest BCUT2D eigenvalue weighted by molar-refractivity contribution is -0.274. The van der Waals surface area contributed by atoms with Crippen molar-refractivity contribution < 1.29 is 22.7 Å². The molecule has 3 N–H and O–H groups in total. The number of carbonyl (C=O) groups excluding carboxylic acids is 1. The molecule has 0 aromatic heterocycles. The van der Waals surface area contributed by atoms with Crippen LogP contribution in [0.2, 0.25) is 0 Å². The summed E-state index contributed by atoms with van der Waals surface area (Å²) in [7, 11) is 0. The van der Waals surface area contributed by atoms with Crippen LogP contribution < -0.4 is 15.8 Å². The van der Waals surface area contributed by atoms with E-state index >= 15 is 0 Å². The van der Waals surface area contributed by atoms with Gasteiger partial charge in [0.05, 0.1) is 5.54 Å². The Balaban J connectivity index is 2.80. The third kappa shape index (κ3) is 4.62. The van der Waals surface area contributed by atoms with E-state index in [1.807, 2.05) is 0 Å². The van der Waals surface area contributed by atoms with Gasteiger partial charge in [-0.1, -0.05) is 6.07 Å². The number of alkyl halides is 3. The molecule has 0 bridgehead atoms. The highest BCUT2D eigenvalue weighted by Crippen LogP contribution is 2.25. The molecular formula is C11H13F3N2O2. The summed E-state index contributed by atoms with van der Waals surface area (Å²) >= 11 is 0. The number of amides is 1. The molecule has 0 spiro atoms. The maximum atomic E-state index is 12.0. The number of carbonyl (C=O) groups is 1. The molecule has 0 atom stereocenters. The van der Waals surface area contributed by atoms with Crippen LogP contribution in [-0.4, -0.2) is 17.8 Å². The largest absolute Gasteiger partial charge is 0.573 e. The monoisotopic (exact) mass is 262 g/mol. The van der Waals surface area contributed by atoms with Gasteiger partial charge in [-0.05, 0) is 26.0 Å². The standard InChI is InChI=1S/C11H13F3N2O2/c1-10(2,15)9(17)16-7-4-3-5-8(6-7)18-11(12,13)14/h3-6H,15H2,1-2H3,(H,16,17). The number of nitrogens with two attached hydrogens (primary N) is 1. The Morgan fingerprint density at radius 2 is 1.94 bits per heavy atom. The molecule has 0 unspecified atom stereocenters. The van der Waals surface area contributed by atoms with Crippen LogP contribution in [0.3, 0.4) is 0 Å². The topological polar surface area (TPSA) is 64.4 Å². The van der Waals surface area contributed by atoms with Gasteiger partial charge in [0.15, 0.2) is 0 Å². The summed E-state index contributed by atoms with van der Waals surface area (Å²) in [6.07, 6.45) is -4.77. The first-order valence-corrected chi connectivity index (χ1v) is 5.04. The van der Waals surface area contributed by atoms with E-state index in [0.717, 1.165) is 12.1 Å². The lowest BCUT2D eigenvalue weighted by Crippen LogP contribution is -2.45. The van der Waals surface area contributed by atoms with Crippen LogP contribution in [0.5, 0.6) is 5.75 Å². The van der Waals surface area contributed by atoms with Crippen LogP contribution in [-0.2, 0) is 4.79 Å². The van der Waals surface area contributed by atoms with Crippen molar-refractivity contribution in [2.75, 3.05) is 5.32 Å². The average molecular weight is 262 g/mol. The number of benzene rings is 1. The Kier molecular flexibility index (Phi) is 3.85. The first kappa shape index (κ1) is 14.3. The highest BCUT2D eigenvalue weighted by atomic mass is 19.4. The van der Waals surface area contributed by atoms with Crippen molar-refractivity contribution in [3.8, 4) is 5.75 Å². The van der Waals surface area contributed by atoms with Crippen molar-refractivity contribution in [1.82, 2.24) is 0 Å². The Labute approximate surface area is 102 Å². The number of nitrogens with one attached hydrogen (secondary N) is 1. The molecule has 0 heterocycles. The molecule has 18 heavy (non-hydrogen) atoms. The first-order chi connectivity index (χ1) is 8.08. The number of rotatable bonds is 3. The van der Waals surface area contributed by atoms with Crippen molar-refractivity contribution in [2.24, 2.45) is 5.73 Å². The second kappa shape index (κ2) is 4.85. The zero-order valence-corrected chi connectivity index (χ0v) is 9.84. The average Bonchev–Trinajstić information content (AvgIpc) is 2.13. The Hall–Kier alpha value is -1.76. The second-order valence-corrected chi connectivity index (χ2v) is 4.25. The van der Waals surface area contributed by atoms with Crippen LogP contribution in [0.15, 0.2) is 24.3 Å². The van der Waals surface area contributed by atoms with E-state index in [2.05, 4.69) is 10.1 Å². The lowest BCUT2D eigenvalue weighted by atomic mass is 10.1. The Morgan fingerprint density at radius 3 is 2.44 bits per heavy atom. The number of halogens is 3. The molecule has 4 nitrogen and oxygen atoms in total. The van der Waals surface area contributed by atoms with Gasteiger partial charge in [-0.2, -0.15) is 0 Å². The van der Waals surface area contributed by atoms with Crippen LogP contribution in [0, 0.1) is 0 Å². The van der Waals surface area contributed by atoms with Gasteiger partial charge in [-0.25, -0.2) is 0 Å². The highest BCUT2D eigenvalue weighted by molar-refractivity contribution is 5.97. The molecule has 1 rings (SSSR count). The van der Waals surface area contributed by atoms with E-state index in [-0.39, 0.29) is 5.69 Å². The molecule has 0 saturated carbocycles. The van der Waals surface area contributed by atoms with Gasteiger partial charge in [0.2, 0.25) is 5.91 Å². The van der Waals surface area contributed by atoms with Crippen molar-refractivity contribution in [3.63, 3.8) is 0 Å². The van der Waals surface area contributed by atoms with E-state index in [9.17, 15) is 18.0 Å². The smallest absolute Gasteiger partial charge is 0.406 e. The van der Waals surface area contributed by atoms with Crippen LogP contribution in [0.1, 0.15) is 13.8 Å². The van der Waals surface area contributed by atoms with Crippen LogP contribution in [0.4, 0.5) is 18.9 Å². The summed E-state index contributed by atoms with van der Waals surface area (Å²) in [5, 5.41) is 2.40. The van der Waals surface area contributed by atoms with Gasteiger partial charge in [0.1, 0.15) is 5.75 Å². The van der Waals surface area contributed by atoms with Gasteiger partial charge in [-0.15, -0.1) is 13.2 Å². The second-order valence-electron chi connectivity index (χ2n) is 4.25. The molecule has 0 fully saturated rings. The van der Waals surface area contributed by atoms with Crippen LogP contribution >= 0.6 is 0 Å². The normalized spacial score (nSPS) is 12.1. The summed E-state index contributed by atoms with van der Waals surface area (Å²) in [6, 6.07) is 4.97. The molecule has 0 radical (unpaired) electrons. The molecular weight excluding hydrogens is 249 g/mol. The fraction of sp³-hybridized carbons (Fsp3) is 0.364. The van der Waals surface area contributed by atoms with Gasteiger partial charge in [0, 0.05) is 11.8 Å². The summed E-state index contributed by atoms with van der Waals surface area (Å²) < 4.78 is 39.7. The molecule has 100 valence electrons. The van der Waals surface area contributed by atoms with Crippen molar-refractivity contribution in [2.45, 2.75) is 25.7 Å². The number of anilines is 1. The summed E-state index contributed by atoms with van der Waals surface area (Å²) in [6.45, 7) is 2.97. The molecule has 0 aliphatic heterocycles. The van der Waals surface area contributed by atoms with Gasteiger partial charge >= 0.3 is 6.36 Å². The summed E-state index contributed by atoms with van der Waals surface area (Å²) in [5.41, 5.74) is 4.60. The fourth-order valence-electron chi connectivity index (χ4n) is 1.06. The Morgan fingerprint density at radius 1 is 1.33 bits per heavy atom. The number of ether oxygens (including phenoxy) is 1. The predicted molar refractivity (Wildman–Crippen MR) is 60.0 cm³/mol. The molecule has 1 aromatic rings. The quantitative estimate of drug-likeness (QED) is 0.878. The fourth-order valence-corrected chi connectivity index (χ4v) is 1.06. The van der Waals surface area contributed by atoms with Crippen molar-refractivity contribution in [1.29, 1.82) is 0 Å². The zero-order valence-electron chi connectivity index (χ0n) is 9.84. The number of hydrogen-bond donors (Lipinski definition) is 2. The summed E-state index contributed by atoms with van der Waals surface area (Å²) in [5.74, 6) is -0.915. The van der Waals surface area contributed by atoms with Crippen molar-refractivity contribution in [3.05, 3.63) is 24.3 Å². The maximum Gasteiger partial charge on any atom is 0.573 e. The molecule has 7 heteroatoms. The van der Waals surface area contributed by atoms with E-state index in [1.165, 1.54) is 26.0 Å². The van der Waals surface area contributed by atoms with E-state index in [0.29, 0.717) is 0 Å². The molecule has 1 amide bonds. The summed E-state index contributed by atoms with van der Waals surface area (Å²) in [4.78, 5) is 11.5. The van der Waals surface area contributed by atoms with Gasteiger partial charge in [0.25, 0.3) is 0 Å². The lowest BCUT2D eigenvalue weighted by Gasteiger charge is -2.18. The molecule has 0 aliphatic carbocycles. The maximum absolute atomic E-state index is 12.0. The van der Waals surface area contributed by atoms with E-state index in [1.54, 1.807) is 0 Å². The third-order valence-electron chi connectivity index (χ3n) is 1.91. The minimum absolute atomic E-state index is 0.181. The Bertz CT molecular complexity index is 439. The zero-order chi connectivity index (χ0) is 14.0. The van der Waals surface area contributed by atoms with Gasteiger partial charge < -0.3 is 15.8 Å². The third-order valence-corrected chi connectivity index (χ3v) is 1.91. The van der Waals surface area contributed by atoms with E-state index < -0.39 is 23.6 Å². The van der Waals surface area contributed by atoms with E-state index in [4.69, 9.17) is 5.73 Å². The molecule has 0 aliphatic rings. The molecule has 0 saturated heterocycles. The van der Waals surface area contributed by atoms with Crippen LogP contribution in [0.25, 0.3) is 0 Å². The minimum Gasteiger partial charge on any atom is -0.406 e. The number of hydrogen-bond acceptors (Lipinski definition) is 3.